The van der Waals surface area contributed by atoms with Gasteiger partial charge in [-0.2, -0.15) is 0 Å². The molecule has 0 aliphatic heterocycles. The number of hydrogen-bond donors (Lipinski definition) is 0. The highest BCUT2D eigenvalue weighted by Gasteiger charge is 2.22. The van der Waals surface area contributed by atoms with Crippen molar-refractivity contribution in [2.24, 2.45) is 0 Å². The Kier molecular flexibility index (Phi) is 6.12. The minimum absolute atomic E-state index is 0.0217. The fraction of sp³-hybridized carbons (Fsp3) is 0.125. The highest BCUT2D eigenvalue weighted by atomic mass is 16.6. The predicted octanol–water partition coefficient (Wildman–Crippen LogP) is 4.14. The van der Waals surface area contributed by atoms with Gasteiger partial charge in [0.25, 0.3) is 11.6 Å². The summed E-state index contributed by atoms with van der Waals surface area (Å²) in [5.41, 5.74) is 0.682. The molecule has 0 aliphatic rings. The van der Waals surface area contributed by atoms with Crippen molar-refractivity contribution in [3.05, 3.63) is 95.1 Å². The molecular formula is C24H20N4O5. The van der Waals surface area contributed by atoms with Crippen LogP contribution in [0, 0.1) is 10.1 Å². The predicted molar refractivity (Wildman–Crippen MR) is 122 cm³/mol. The number of carbonyl (C=O) groups is 2. The van der Waals surface area contributed by atoms with Crippen LogP contribution < -0.4 is 4.90 Å². The van der Waals surface area contributed by atoms with E-state index in [-0.39, 0.29) is 16.9 Å². The summed E-state index contributed by atoms with van der Waals surface area (Å²) >= 11 is 0. The van der Waals surface area contributed by atoms with E-state index >= 15 is 0 Å². The second-order valence-corrected chi connectivity index (χ2v) is 7.14. The number of amides is 1. The number of rotatable bonds is 7. The Morgan fingerprint density at radius 1 is 1.12 bits per heavy atom. The summed E-state index contributed by atoms with van der Waals surface area (Å²) in [5, 5.41) is 13.4. The van der Waals surface area contributed by atoms with E-state index in [0.29, 0.717) is 6.54 Å². The fourth-order valence-electron chi connectivity index (χ4n) is 3.63. The van der Waals surface area contributed by atoms with Crippen molar-refractivity contribution in [1.29, 1.82) is 0 Å². The van der Waals surface area contributed by atoms with Crippen molar-refractivity contribution in [2.45, 2.75) is 6.92 Å². The van der Waals surface area contributed by atoms with E-state index in [1.807, 2.05) is 49.4 Å². The number of benzene rings is 3. The van der Waals surface area contributed by atoms with Crippen molar-refractivity contribution in [3.63, 3.8) is 0 Å². The topological polar surface area (TPSA) is 108 Å². The molecular weight excluding hydrogens is 424 g/mol. The molecule has 0 N–H and O–H groups in total. The van der Waals surface area contributed by atoms with Crippen LogP contribution in [-0.2, 0) is 9.53 Å². The van der Waals surface area contributed by atoms with Gasteiger partial charge in [-0.25, -0.2) is 9.78 Å². The summed E-state index contributed by atoms with van der Waals surface area (Å²) in [4.78, 5) is 41.8. The molecule has 0 unspecified atom stereocenters. The maximum atomic E-state index is 12.9. The lowest BCUT2D eigenvalue weighted by molar-refractivity contribution is -0.384. The minimum Gasteiger partial charge on any atom is -0.452 e. The Labute approximate surface area is 189 Å². The third kappa shape index (κ3) is 4.42. The van der Waals surface area contributed by atoms with E-state index in [4.69, 9.17) is 4.74 Å². The molecule has 9 nitrogen and oxygen atoms in total. The van der Waals surface area contributed by atoms with Crippen LogP contribution in [0.5, 0.6) is 0 Å². The molecule has 0 aliphatic carbocycles. The molecule has 3 aromatic carbocycles. The van der Waals surface area contributed by atoms with Crippen molar-refractivity contribution >= 4 is 34.0 Å². The number of nitro benzene ring substituents is 1. The summed E-state index contributed by atoms with van der Waals surface area (Å²) in [6.45, 7) is 1.72. The van der Waals surface area contributed by atoms with Gasteiger partial charge in [-0.1, -0.05) is 36.4 Å². The van der Waals surface area contributed by atoms with Gasteiger partial charge in [0.1, 0.15) is 5.69 Å². The summed E-state index contributed by atoms with van der Waals surface area (Å²) in [6.07, 6.45) is 4.48. The molecule has 0 spiro atoms. The number of ether oxygens (including phenoxy) is 1. The van der Waals surface area contributed by atoms with Crippen LogP contribution in [0.2, 0.25) is 0 Å². The lowest BCUT2D eigenvalue weighted by Crippen LogP contribution is -2.34. The van der Waals surface area contributed by atoms with Crippen LogP contribution >= 0.6 is 0 Å². The zero-order chi connectivity index (χ0) is 23.4. The number of nitro groups is 1. The molecule has 4 aromatic rings. The number of anilines is 1. The SMILES string of the molecule is CCN(C(=O)COC(=O)c1ccc(-n2ccnc2)c([N+](=O)[O-])c1)c1cccc2ccccc12. The van der Waals surface area contributed by atoms with Crippen LogP contribution in [0.25, 0.3) is 16.5 Å². The normalized spacial score (nSPS) is 10.7. The number of hydrogen-bond acceptors (Lipinski definition) is 6. The highest BCUT2D eigenvalue weighted by molar-refractivity contribution is 6.04. The van der Waals surface area contributed by atoms with E-state index in [0.717, 1.165) is 22.5 Å². The third-order valence-electron chi connectivity index (χ3n) is 5.19. The first-order valence-electron chi connectivity index (χ1n) is 10.2. The second-order valence-electron chi connectivity index (χ2n) is 7.14. The zero-order valence-corrected chi connectivity index (χ0v) is 17.7. The lowest BCUT2D eigenvalue weighted by atomic mass is 10.1. The van der Waals surface area contributed by atoms with Gasteiger partial charge in [-0.15, -0.1) is 0 Å². The summed E-state index contributed by atoms with van der Waals surface area (Å²) in [6, 6.07) is 17.3. The monoisotopic (exact) mass is 444 g/mol. The number of carbonyl (C=O) groups excluding carboxylic acids is 2. The minimum atomic E-state index is -0.822. The van der Waals surface area contributed by atoms with Gasteiger partial charge in [-0.3, -0.25) is 14.9 Å². The molecule has 0 saturated heterocycles. The lowest BCUT2D eigenvalue weighted by Gasteiger charge is -2.22. The molecule has 0 atom stereocenters. The maximum Gasteiger partial charge on any atom is 0.338 e. The third-order valence-corrected chi connectivity index (χ3v) is 5.19. The van der Waals surface area contributed by atoms with E-state index < -0.39 is 23.4 Å². The van der Waals surface area contributed by atoms with Gasteiger partial charge < -0.3 is 14.2 Å². The molecule has 4 rings (SSSR count). The van der Waals surface area contributed by atoms with Crippen molar-refractivity contribution < 1.29 is 19.2 Å². The number of esters is 1. The van der Waals surface area contributed by atoms with E-state index in [9.17, 15) is 19.7 Å². The molecule has 0 bridgehead atoms. The van der Waals surface area contributed by atoms with Gasteiger partial charge in [-0.05, 0) is 30.5 Å². The van der Waals surface area contributed by atoms with Gasteiger partial charge >= 0.3 is 5.97 Å². The zero-order valence-electron chi connectivity index (χ0n) is 17.7. The van der Waals surface area contributed by atoms with Crippen LogP contribution in [0.1, 0.15) is 17.3 Å². The van der Waals surface area contributed by atoms with Gasteiger partial charge in [0.15, 0.2) is 6.61 Å². The Morgan fingerprint density at radius 2 is 1.91 bits per heavy atom. The molecule has 0 fully saturated rings. The average Bonchev–Trinajstić information content (AvgIpc) is 3.37. The maximum absolute atomic E-state index is 12.9. The quantitative estimate of drug-likeness (QED) is 0.241. The van der Waals surface area contributed by atoms with Crippen LogP contribution in [-0.4, -0.2) is 39.5 Å². The Bertz CT molecular complexity index is 1330. The largest absolute Gasteiger partial charge is 0.452 e. The van der Waals surface area contributed by atoms with E-state index in [1.54, 1.807) is 11.1 Å². The second kappa shape index (κ2) is 9.31. The molecule has 33 heavy (non-hydrogen) atoms. The summed E-state index contributed by atoms with van der Waals surface area (Å²) in [7, 11) is 0. The standard InChI is InChI=1S/C24H20N4O5/c1-2-27(20-9-5-7-17-6-3-4-8-19(17)20)23(29)15-33-24(30)18-10-11-21(22(14-18)28(31)32)26-13-12-25-16-26/h3-14,16H,2,15H2,1H3. The number of nitrogens with zero attached hydrogens (tertiary/aromatic N) is 4. The molecule has 0 radical (unpaired) electrons. The molecule has 9 heteroatoms. The highest BCUT2D eigenvalue weighted by Crippen LogP contribution is 2.27. The van der Waals surface area contributed by atoms with Crippen molar-refractivity contribution in [3.8, 4) is 5.69 Å². The average molecular weight is 444 g/mol. The fourth-order valence-corrected chi connectivity index (χ4v) is 3.63. The molecule has 1 aromatic heterocycles. The van der Waals surface area contributed by atoms with Gasteiger partial charge in [0.2, 0.25) is 0 Å². The Morgan fingerprint density at radius 3 is 2.64 bits per heavy atom. The number of fused-ring (bicyclic) bond motifs is 1. The van der Waals surface area contributed by atoms with Crippen LogP contribution in [0.3, 0.4) is 0 Å². The smallest absolute Gasteiger partial charge is 0.338 e. The van der Waals surface area contributed by atoms with Crippen LogP contribution in [0.15, 0.2) is 79.4 Å². The number of imidazole rings is 1. The van der Waals surface area contributed by atoms with E-state index in [1.165, 1.54) is 29.2 Å². The molecule has 166 valence electrons. The van der Waals surface area contributed by atoms with E-state index in [2.05, 4.69) is 4.98 Å². The molecule has 0 saturated carbocycles. The van der Waals surface area contributed by atoms with Crippen molar-refractivity contribution in [2.75, 3.05) is 18.1 Å². The Hall–Kier alpha value is -4.53. The van der Waals surface area contributed by atoms with Crippen molar-refractivity contribution in [1.82, 2.24) is 9.55 Å². The first-order valence-corrected chi connectivity index (χ1v) is 10.2. The first kappa shape index (κ1) is 21.7. The Balaban J connectivity index is 1.51. The van der Waals surface area contributed by atoms with Crippen LogP contribution in [0.4, 0.5) is 11.4 Å². The van der Waals surface area contributed by atoms with Gasteiger partial charge in [0.05, 0.1) is 22.5 Å². The summed E-state index contributed by atoms with van der Waals surface area (Å²) < 4.78 is 6.67. The summed E-state index contributed by atoms with van der Waals surface area (Å²) in [5.74, 6) is -1.22. The molecule has 1 amide bonds. The van der Waals surface area contributed by atoms with Gasteiger partial charge in [0, 0.05) is 30.4 Å². The number of aromatic nitrogens is 2. The first-order chi connectivity index (χ1) is 16.0. The number of likely N-dealkylation sites (N-methyl/N-ethyl adjacent to an activating group) is 1. The molecule has 1 heterocycles.